The quantitative estimate of drug-likeness (QED) is 0.713. The van der Waals surface area contributed by atoms with Crippen molar-refractivity contribution in [3.63, 3.8) is 0 Å². The van der Waals surface area contributed by atoms with Crippen molar-refractivity contribution in [3.05, 3.63) is 34.1 Å². The molecule has 0 aromatic carbocycles. The second-order valence-corrected chi connectivity index (χ2v) is 10.2. The summed E-state index contributed by atoms with van der Waals surface area (Å²) in [4.78, 5) is 4.98. The van der Waals surface area contributed by atoms with E-state index in [0.29, 0.717) is 40.1 Å². The van der Waals surface area contributed by atoms with Crippen LogP contribution in [0.4, 0.5) is 13.2 Å². The van der Waals surface area contributed by atoms with E-state index in [4.69, 9.17) is 4.74 Å². The van der Waals surface area contributed by atoms with E-state index in [1.165, 1.54) is 17.4 Å². The highest BCUT2D eigenvalue weighted by Crippen LogP contribution is 2.39. The molecule has 1 saturated heterocycles. The highest BCUT2D eigenvalue weighted by molar-refractivity contribution is 7.84. The normalized spacial score (nSPS) is 22.0. The number of ether oxygens (including phenoxy) is 1. The summed E-state index contributed by atoms with van der Waals surface area (Å²) < 4.78 is 62.8. The molecule has 3 heterocycles. The van der Waals surface area contributed by atoms with Gasteiger partial charge in [-0.1, -0.05) is 23.5 Å². The van der Waals surface area contributed by atoms with Crippen LogP contribution in [0.25, 0.3) is 10.5 Å². The number of aliphatic hydroxyl groups is 1. The van der Waals surface area contributed by atoms with Crippen LogP contribution < -0.4 is 4.72 Å². The highest BCUT2D eigenvalue weighted by atomic mass is 32.2. The molecule has 2 aliphatic rings. The molecule has 1 aliphatic heterocycles. The SMILES string of the molecule is Cc1nc2sc(C(C)(C)O)nn2c1C1=CC=C(C(F)(F)F)C(S(=O)NC2COC2)C1. The van der Waals surface area contributed by atoms with E-state index in [1.807, 2.05) is 0 Å². The summed E-state index contributed by atoms with van der Waals surface area (Å²) in [5, 5.41) is 13.8. The van der Waals surface area contributed by atoms with E-state index in [0.717, 1.165) is 6.08 Å². The number of imidazole rings is 1. The number of aromatic nitrogens is 3. The van der Waals surface area contributed by atoms with Crippen LogP contribution in [0, 0.1) is 6.92 Å². The Hall–Kier alpha value is -1.60. The van der Waals surface area contributed by atoms with Gasteiger partial charge in [-0.2, -0.15) is 18.3 Å². The van der Waals surface area contributed by atoms with Crippen molar-refractivity contribution in [1.29, 1.82) is 0 Å². The van der Waals surface area contributed by atoms with Gasteiger partial charge in [0.1, 0.15) is 10.6 Å². The molecule has 2 atom stereocenters. The minimum absolute atomic E-state index is 0.0808. The van der Waals surface area contributed by atoms with Gasteiger partial charge < -0.3 is 9.84 Å². The van der Waals surface area contributed by atoms with Gasteiger partial charge in [0.2, 0.25) is 4.96 Å². The molecule has 2 N–H and O–H groups in total. The number of alkyl halides is 3. The van der Waals surface area contributed by atoms with E-state index in [1.54, 1.807) is 25.3 Å². The topological polar surface area (TPSA) is 88.8 Å². The van der Waals surface area contributed by atoms with Crippen LogP contribution in [0.2, 0.25) is 0 Å². The van der Waals surface area contributed by atoms with Crippen molar-refractivity contribution < 1.29 is 27.2 Å². The summed E-state index contributed by atoms with van der Waals surface area (Å²) in [6, 6.07) is -0.217. The van der Waals surface area contributed by atoms with Crippen LogP contribution >= 0.6 is 11.3 Å². The van der Waals surface area contributed by atoms with Crippen molar-refractivity contribution in [2.24, 2.45) is 0 Å². The zero-order valence-electron chi connectivity index (χ0n) is 16.5. The Balaban J connectivity index is 1.73. The Labute approximate surface area is 177 Å². The molecule has 0 bridgehead atoms. The maximum atomic E-state index is 13.6. The molecule has 7 nitrogen and oxygen atoms in total. The Morgan fingerprint density at radius 1 is 1.33 bits per heavy atom. The third kappa shape index (κ3) is 3.98. The van der Waals surface area contributed by atoms with Crippen LogP contribution in [0.1, 0.15) is 36.7 Å². The van der Waals surface area contributed by atoms with Gasteiger partial charge in [0, 0.05) is 0 Å². The predicted molar refractivity (Wildman–Crippen MR) is 107 cm³/mol. The standard InChI is InChI=1S/C18H21F3N4O3S2/c1-9-14(25-16(22-9)29-15(23-25)17(2,3)26)10-4-5-12(18(19,20)21)13(6-10)30(27)24-11-7-28-8-11/h4-5,11,13,24,26H,6-8H2,1-3H3. The van der Waals surface area contributed by atoms with Gasteiger partial charge in [0.25, 0.3) is 0 Å². The molecule has 0 spiro atoms. The van der Waals surface area contributed by atoms with Gasteiger partial charge in [-0.15, -0.1) is 0 Å². The molecule has 1 aliphatic carbocycles. The summed E-state index contributed by atoms with van der Waals surface area (Å²) in [7, 11) is -1.94. The lowest BCUT2D eigenvalue weighted by molar-refractivity contribution is -0.0934. The average molecular weight is 463 g/mol. The molecule has 2 aromatic heterocycles. The van der Waals surface area contributed by atoms with Crippen LogP contribution in [0.15, 0.2) is 17.7 Å². The molecule has 0 amide bonds. The van der Waals surface area contributed by atoms with Gasteiger partial charge in [-0.25, -0.2) is 18.4 Å². The smallest absolute Gasteiger partial charge is 0.383 e. The summed E-state index contributed by atoms with van der Waals surface area (Å²) in [6.07, 6.45) is -2.29. The van der Waals surface area contributed by atoms with Gasteiger partial charge in [0.05, 0.1) is 52.5 Å². The van der Waals surface area contributed by atoms with Gasteiger partial charge in [0.15, 0.2) is 0 Å². The lowest BCUT2D eigenvalue weighted by atomic mass is 9.94. The van der Waals surface area contributed by atoms with E-state index in [-0.39, 0.29) is 12.5 Å². The first kappa shape index (κ1) is 21.6. The maximum Gasteiger partial charge on any atom is 0.413 e. The largest absolute Gasteiger partial charge is 0.413 e. The van der Waals surface area contributed by atoms with E-state index >= 15 is 0 Å². The minimum Gasteiger partial charge on any atom is -0.383 e. The van der Waals surface area contributed by atoms with Gasteiger partial charge in [-0.3, -0.25) is 0 Å². The second kappa shape index (κ2) is 7.52. The number of allylic oxidation sites excluding steroid dienone is 3. The first-order valence-electron chi connectivity index (χ1n) is 9.27. The van der Waals surface area contributed by atoms with Crippen molar-refractivity contribution in [3.8, 4) is 0 Å². The summed E-state index contributed by atoms with van der Waals surface area (Å²) in [6.45, 7) is 5.61. The number of fused-ring (bicyclic) bond motifs is 1. The fourth-order valence-electron chi connectivity index (χ4n) is 3.33. The maximum absolute atomic E-state index is 13.6. The number of nitrogens with one attached hydrogen (secondary N) is 1. The molecule has 0 radical (unpaired) electrons. The lowest BCUT2D eigenvalue weighted by Crippen LogP contribution is -2.49. The van der Waals surface area contributed by atoms with Gasteiger partial charge >= 0.3 is 6.18 Å². The van der Waals surface area contributed by atoms with Crippen molar-refractivity contribution in [1.82, 2.24) is 19.3 Å². The van der Waals surface area contributed by atoms with E-state index < -0.39 is 33.6 Å². The number of aryl methyl sites for hydroxylation is 1. The number of hydrogen-bond acceptors (Lipinski definition) is 6. The molecular weight excluding hydrogens is 441 g/mol. The molecule has 164 valence electrons. The summed E-state index contributed by atoms with van der Waals surface area (Å²) in [5.41, 5.74) is -0.268. The average Bonchev–Trinajstić information content (AvgIpc) is 3.13. The zero-order valence-corrected chi connectivity index (χ0v) is 18.1. The molecule has 1 fully saturated rings. The molecule has 2 aromatic rings. The first-order valence-corrected chi connectivity index (χ1v) is 11.3. The fourth-order valence-corrected chi connectivity index (χ4v) is 5.68. The van der Waals surface area contributed by atoms with Gasteiger partial charge in [-0.05, 0) is 32.8 Å². The zero-order chi connectivity index (χ0) is 21.8. The number of nitrogens with zero attached hydrogens (tertiary/aromatic N) is 3. The van der Waals surface area contributed by atoms with Crippen LogP contribution in [-0.4, -0.2) is 54.6 Å². The third-order valence-corrected chi connectivity index (χ3v) is 7.65. The summed E-state index contributed by atoms with van der Waals surface area (Å²) >= 11 is 1.22. The van der Waals surface area contributed by atoms with E-state index in [9.17, 15) is 22.5 Å². The molecule has 4 rings (SSSR count). The lowest BCUT2D eigenvalue weighted by Gasteiger charge is -2.31. The molecule has 2 unspecified atom stereocenters. The Bertz CT molecular complexity index is 1060. The number of rotatable bonds is 5. The monoisotopic (exact) mass is 462 g/mol. The Morgan fingerprint density at radius 2 is 2.03 bits per heavy atom. The molecule has 12 heteroatoms. The number of hydrogen-bond donors (Lipinski definition) is 2. The van der Waals surface area contributed by atoms with Crippen LogP contribution in [0.5, 0.6) is 0 Å². The fraction of sp³-hybridized carbons (Fsp3) is 0.556. The van der Waals surface area contributed by atoms with Crippen molar-refractivity contribution in [2.45, 2.75) is 50.3 Å². The Morgan fingerprint density at radius 3 is 2.60 bits per heavy atom. The number of halogens is 3. The van der Waals surface area contributed by atoms with Crippen molar-refractivity contribution >= 4 is 32.9 Å². The van der Waals surface area contributed by atoms with Crippen molar-refractivity contribution in [2.75, 3.05) is 13.2 Å². The molecule has 0 saturated carbocycles. The predicted octanol–water partition coefficient (Wildman–Crippen LogP) is 2.62. The third-order valence-electron chi connectivity index (χ3n) is 4.93. The van der Waals surface area contributed by atoms with Crippen LogP contribution in [0.3, 0.4) is 0 Å². The minimum atomic E-state index is -4.59. The molecule has 30 heavy (non-hydrogen) atoms. The molecular formula is C18H21F3N4O3S2. The Kier molecular flexibility index (Phi) is 5.42. The van der Waals surface area contributed by atoms with E-state index in [2.05, 4.69) is 14.8 Å². The summed E-state index contributed by atoms with van der Waals surface area (Å²) in [5.74, 6) is 0. The van der Waals surface area contributed by atoms with Crippen LogP contribution in [-0.2, 0) is 21.3 Å². The first-order chi connectivity index (χ1) is 13.9. The highest BCUT2D eigenvalue weighted by Gasteiger charge is 2.43. The second-order valence-electron chi connectivity index (χ2n) is 7.86.